The number of carbonyl (C=O) groups is 2. The fourth-order valence-electron chi connectivity index (χ4n) is 4.38. The first kappa shape index (κ1) is 20.6. The molecule has 0 aromatic heterocycles. The van der Waals surface area contributed by atoms with Crippen molar-refractivity contribution >= 4 is 11.8 Å². The highest BCUT2D eigenvalue weighted by atomic mass is 16.5. The predicted molar refractivity (Wildman–Crippen MR) is 115 cm³/mol. The van der Waals surface area contributed by atoms with Crippen LogP contribution in [0.3, 0.4) is 0 Å². The van der Waals surface area contributed by atoms with E-state index in [1.54, 1.807) is 0 Å². The molecule has 2 fully saturated rings. The normalized spacial score (nSPS) is 24.1. The summed E-state index contributed by atoms with van der Waals surface area (Å²) in [6.45, 7) is 7.06. The average Bonchev–Trinajstić information content (AvgIpc) is 3.10. The Morgan fingerprint density at radius 2 is 1.97 bits per heavy atom. The van der Waals surface area contributed by atoms with Gasteiger partial charge in [-0.05, 0) is 36.1 Å². The van der Waals surface area contributed by atoms with Crippen LogP contribution in [0.2, 0.25) is 0 Å². The van der Waals surface area contributed by atoms with Crippen LogP contribution < -0.4 is 10.6 Å². The van der Waals surface area contributed by atoms with Crippen molar-refractivity contribution in [1.29, 1.82) is 0 Å². The summed E-state index contributed by atoms with van der Waals surface area (Å²) in [6, 6.07) is 16.3. The summed E-state index contributed by atoms with van der Waals surface area (Å²) in [5, 5.41) is 5.94. The van der Waals surface area contributed by atoms with Crippen LogP contribution in [0.4, 0.5) is 0 Å². The van der Waals surface area contributed by atoms with Crippen LogP contribution in [0.5, 0.6) is 0 Å². The Morgan fingerprint density at radius 1 is 1.17 bits per heavy atom. The fraction of sp³-hybridized carbons (Fsp3) is 0.417. The molecule has 6 heteroatoms. The standard InChI is InChI=1S/C24H29N3O3/c1-17-8-9-20(12-18(17)2)13-26-22(28)21-15-27(14-19-6-4-3-5-7-19)16-24(21)23(29)25-10-11-30-24/h3-9,12,21H,10-11,13-16H2,1-2H3,(H,25,29)(H,26,28)/t21-,24-/m1/s1. The highest BCUT2D eigenvalue weighted by Crippen LogP contribution is 2.34. The number of aryl methyl sites for hydroxylation is 2. The molecule has 2 amide bonds. The van der Waals surface area contributed by atoms with Gasteiger partial charge in [0.15, 0.2) is 5.60 Å². The number of hydrogen-bond acceptors (Lipinski definition) is 4. The van der Waals surface area contributed by atoms with Crippen molar-refractivity contribution in [3.8, 4) is 0 Å². The van der Waals surface area contributed by atoms with Crippen LogP contribution in [0, 0.1) is 19.8 Å². The lowest BCUT2D eigenvalue weighted by Gasteiger charge is -2.36. The van der Waals surface area contributed by atoms with Gasteiger partial charge in [0, 0.05) is 32.7 Å². The fourth-order valence-corrected chi connectivity index (χ4v) is 4.38. The van der Waals surface area contributed by atoms with Gasteiger partial charge in [-0.2, -0.15) is 0 Å². The highest BCUT2D eigenvalue weighted by molar-refractivity contribution is 5.94. The van der Waals surface area contributed by atoms with E-state index < -0.39 is 11.5 Å². The van der Waals surface area contributed by atoms with Gasteiger partial charge >= 0.3 is 0 Å². The third kappa shape index (κ3) is 4.11. The smallest absolute Gasteiger partial charge is 0.254 e. The molecule has 2 aromatic rings. The first-order chi connectivity index (χ1) is 14.5. The van der Waals surface area contributed by atoms with Gasteiger partial charge in [-0.3, -0.25) is 14.5 Å². The summed E-state index contributed by atoms with van der Waals surface area (Å²) < 4.78 is 6.01. The number of hydrogen-bond donors (Lipinski definition) is 2. The molecule has 2 aliphatic heterocycles. The number of carbonyl (C=O) groups excluding carboxylic acids is 2. The van der Waals surface area contributed by atoms with Gasteiger partial charge in [0.2, 0.25) is 5.91 Å². The molecule has 158 valence electrons. The first-order valence-corrected chi connectivity index (χ1v) is 10.5. The monoisotopic (exact) mass is 407 g/mol. The molecule has 2 aliphatic rings. The van der Waals surface area contributed by atoms with Crippen LogP contribution >= 0.6 is 0 Å². The minimum atomic E-state index is -1.12. The second-order valence-corrected chi connectivity index (χ2v) is 8.34. The Kier molecular flexibility index (Phi) is 5.88. The molecule has 0 aliphatic carbocycles. The maximum absolute atomic E-state index is 13.2. The molecule has 0 unspecified atom stereocenters. The van der Waals surface area contributed by atoms with Gasteiger partial charge < -0.3 is 15.4 Å². The largest absolute Gasteiger partial charge is 0.361 e. The Bertz CT molecular complexity index is 931. The molecule has 2 saturated heterocycles. The molecule has 30 heavy (non-hydrogen) atoms. The van der Waals surface area contributed by atoms with E-state index in [1.165, 1.54) is 11.1 Å². The van der Waals surface area contributed by atoms with Crippen molar-refractivity contribution in [2.24, 2.45) is 5.92 Å². The SMILES string of the molecule is Cc1ccc(CNC(=O)[C@H]2CN(Cc3ccccc3)C[C@@]23OCCNC3=O)cc1C. The number of nitrogens with zero attached hydrogens (tertiary/aromatic N) is 1. The maximum atomic E-state index is 13.2. The number of nitrogens with one attached hydrogen (secondary N) is 2. The second-order valence-electron chi connectivity index (χ2n) is 8.34. The third-order valence-electron chi connectivity index (χ3n) is 6.20. The predicted octanol–water partition coefficient (Wildman–Crippen LogP) is 1.94. The van der Waals surface area contributed by atoms with Crippen LogP contribution in [-0.4, -0.2) is 48.6 Å². The Labute approximate surface area is 177 Å². The van der Waals surface area contributed by atoms with Crippen molar-refractivity contribution < 1.29 is 14.3 Å². The molecule has 6 nitrogen and oxygen atoms in total. The van der Waals surface area contributed by atoms with Crippen molar-refractivity contribution in [1.82, 2.24) is 15.5 Å². The van der Waals surface area contributed by atoms with Gasteiger partial charge in [0.1, 0.15) is 0 Å². The van der Waals surface area contributed by atoms with Gasteiger partial charge in [-0.1, -0.05) is 48.5 Å². The molecule has 2 heterocycles. The van der Waals surface area contributed by atoms with E-state index >= 15 is 0 Å². The lowest BCUT2D eigenvalue weighted by Crippen LogP contribution is -2.61. The van der Waals surface area contributed by atoms with Crippen LogP contribution in [0.1, 0.15) is 22.3 Å². The first-order valence-electron chi connectivity index (χ1n) is 10.5. The minimum absolute atomic E-state index is 0.138. The topological polar surface area (TPSA) is 70.7 Å². The van der Waals surface area contributed by atoms with Gasteiger partial charge in [-0.15, -0.1) is 0 Å². The third-order valence-corrected chi connectivity index (χ3v) is 6.20. The zero-order valence-electron chi connectivity index (χ0n) is 17.6. The Hall–Kier alpha value is -2.70. The average molecular weight is 408 g/mol. The van der Waals surface area contributed by atoms with Crippen molar-refractivity contribution in [3.05, 3.63) is 70.8 Å². The molecule has 0 radical (unpaired) electrons. The van der Waals surface area contributed by atoms with E-state index in [1.807, 2.05) is 24.3 Å². The molecule has 2 atom stereocenters. The number of benzene rings is 2. The molecule has 2 aromatic carbocycles. The summed E-state index contributed by atoms with van der Waals surface area (Å²) in [6.07, 6.45) is 0. The zero-order chi connectivity index (χ0) is 21.1. The van der Waals surface area contributed by atoms with Gasteiger partial charge in [-0.25, -0.2) is 0 Å². The van der Waals surface area contributed by atoms with Crippen LogP contribution in [-0.2, 0) is 27.4 Å². The van der Waals surface area contributed by atoms with Gasteiger partial charge in [0.05, 0.1) is 12.5 Å². The molecule has 4 rings (SSSR count). The van der Waals surface area contributed by atoms with Gasteiger partial charge in [0.25, 0.3) is 5.91 Å². The number of rotatable bonds is 5. The molecular weight excluding hydrogens is 378 g/mol. The van der Waals surface area contributed by atoms with Crippen molar-refractivity contribution in [2.45, 2.75) is 32.5 Å². The van der Waals surface area contributed by atoms with E-state index in [0.29, 0.717) is 39.3 Å². The molecular formula is C24H29N3O3. The highest BCUT2D eigenvalue weighted by Gasteiger charge is 2.57. The lowest BCUT2D eigenvalue weighted by atomic mass is 9.87. The maximum Gasteiger partial charge on any atom is 0.254 e. The van der Waals surface area contributed by atoms with Crippen molar-refractivity contribution in [2.75, 3.05) is 26.2 Å². The van der Waals surface area contributed by atoms with Crippen LogP contribution in [0.25, 0.3) is 0 Å². The zero-order valence-corrected chi connectivity index (χ0v) is 17.6. The molecule has 0 saturated carbocycles. The summed E-state index contributed by atoms with van der Waals surface area (Å²) in [4.78, 5) is 28.2. The number of morpholine rings is 1. The molecule has 2 N–H and O–H groups in total. The van der Waals surface area contributed by atoms with E-state index in [0.717, 1.165) is 11.1 Å². The van der Waals surface area contributed by atoms with E-state index in [9.17, 15) is 9.59 Å². The molecule has 1 spiro atoms. The van der Waals surface area contributed by atoms with Crippen molar-refractivity contribution in [3.63, 3.8) is 0 Å². The molecule has 0 bridgehead atoms. The van der Waals surface area contributed by atoms with E-state index in [4.69, 9.17) is 4.74 Å². The van der Waals surface area contributed by atoms with E-state index in [2.05, 4.69) is 53.6 Å². The Morgan fingerprint density at radius 3 is 2.70 bits per heavy atom. The van der Waals surface area contributed by atoms with Crippen LogP contribution in [0.15, 0.2) is 48.5 Å². The summed E-state index contributed by atoms with van der Waals surface area (Å²) in [5.41, 5.74) is 3.50. The van der Waals surface area contributed by atoms with E-state index in [-0.39, 0.29) is 11.8 Å². The summed E-state index contributed by atoms with van der Waals surface area (Å²) in [7, 11) is 0. The lowest BCUT2D eigenvalue weighted by molar-refractivity contribution is -0.163. The number of likely N-dealkylation sites (tertiary alicyclic amines) is 1. The Balaban J connectivity index is 1.50. The number of ether oxygens (including phenoxy) is 1. The second kappa shape index (κ2) is 8.58. The number of amides is 2. The summed E-state index contributed by atoms with van der Waals surface area (Å²) in [5.74, 6) is -0.871. The minimum Gasteiger partial charge on any atom is -0.361 e. The quantitative estimate of drug-likeness (QED) is 0.795. The summed E-state index contributed by atoms with van der Waals surface area (Å²) >= 11 is 0.